The maximum atomic E-state index is 6.67. The van der Waals surface area contributed by atoms with E-state index in [1.807, 2.05) is 86.0 Å². The van der Waals surface area contributed by atoms with Gasteiger partial charge in [0.25, 0.3) is 0 Å². The highest BCUT2D eigenvalue weighted by atomic mass is 16.5. The normalized spacial score (nSPS) is 11.3. The number of ether oxygens (including phenoxy) is 1. The summed E-state index contributed by atoms with van der Waals surface area (Å²) in [7, 11) is 64.7. The minimum atomic E-state index is -0.0880. The summed E-state index contributed by atoms with van der Waals surface area (Å²) < 4.78 is 6.52. The molecule has 0 bridgehead atoms. The third kappa shape index (κ3) is 9.22. The van der Waals surface area contributed by atoms with Gasteiger partial charge in [-0.1, -0.05) is 97.2 Å². The van der Waals surface area contributed by atoms with E-state index in [0.717, 1.165) is 33.9 Å². The van der Waals surface area contributed by atoms with E-state index in [1.165, 1.54) is 0 Å². The third-order valence-electron chi connectivity index (χ3n) is 12.0. The van der Waals surface area contributed by atoms with Gasteiger partial charge in [0.15, 0.2) is 0 Å². The lowest BCUT2D eigenvalue weighted by Gasteiger charge is -2.29. The van der Waals surface area contributed by atoms with Gasteiger partial charge in [-0.25, -0.2) is 9.97 Å². The molecule has 6 nitrogen and oxygen atoms in total. The Morgan fingerprint density at radius 1 is 0.500 bits per heavy atom. The zero-order chi connectivity index (χ0) is 48.8. The van der Waals surface area contributed by atoms with Crippen LogP contribution in [0.15, 0.2) is 122 Å². The lowest BCUT2D eigenvalue weighted by molar-refractivity contribution is 0.463. The molecule has 16 heteroatoms. The van der Waals surface area contributed by atoms with Gasteiger partial charge in [0, 0.05) is 41.3 Å². The summed E-state index contributed by atoms with van der Waals surface area (Å²) >= 11 is 0. The van der Waals surface area contributed by atoms with E-state index < -0.39 is 0 Å². The molecule has 0 amide bonds. The van der Waals surface area contributed by atoms with Crippen molar-refractivity contribution in [3.8, 4) is 33.9 Å². The largest absolute Gasteiger partial charge is 0.439 e. The van der Waals surface area contributed by atoms with Gasteiger partial charge in [-0.15, -0.1) is 32.8 Å². The molecular formula is C52H37B10N5O. The van der Waals surface area contributed by atoms with E-state index in [4.69, 9.17) is 93.2 Å². The Bertz CT molecular complexity index is 3120. The van der Waals surface area contributed by atoms with Crippen LogP contribution in [0, 0.1) is 13.8 Å². The molecule has 0 saturated heterocycles. The highest BCUT2D eigenvalue weighted by molar-refractivity contribution is 6.70. The van der Waals surface area contributed by atoms with Crippen LogP contribution in [-0.2, 0) is 5.41 Å². The van der Waals surface area contributed by atoms with Crippen LogP contribution in [0.2, 0.25) is 0 Å². The first kappa shape index (κ1) is 47.9. The molecule has 306 valence electrons. The van der Waals surface area contributed by atoms with Gasteiger partial charge in [-0.3, -0.25) is 4.90 Å². The quantitative estimate of drug-likeness (QED) is 0.195. The number of anilines is 7. The molecule has 2 aromatic heterocycles. The van der Waals surface area contributed by atoms with Crippen LogP contribution in [0.4, 0.5) is 39.9 Å². The standard InChI is InChI=1S/C52H37B10N5O/c1-26-12-6-9-19-35(26)67(37-22-28(20-21-63-37)52(3,4)5)36-24-38(64-25-27(36)2)68-30-14-10-13-29(23-30)65-33-17-7-8-18-34(33)66-51-31(39-41(53)45(57)49(61)46(58)42(39)54)15-11-16-32(51)40-43(55)47(59)50(62)48(60)44(40)56/h6-25,65-66H,1-5H3. The summed E-state index contributed by atoms with van der Waals surface area (Å²) in [5.74, 6) is 1.71. The topological polar surface area (TPSA) is 62.3 Å². The van der Waals surface area contributed by atoms with Crippen LogP contribution in [0.5, 0.6) is 11.6 Å². The Morgan fingerprint density at radius 3 is 1.60 bits per heavy atom. The number of aryl methyl sites for hydroxylation is 2. The zero-order valence-corrected chi connectivity index (χ0v) is 38.6. The summed E-state index contributed by atoms with van der Waals surface area (Å²) in [4.78, 5) is 11.7. The monoisotopic (exact) mass is 857 g/mol. The lowest BCUT2D eigenvalue weighted by atomic mass is 9.58. The molecular weight excluding hydrogens is 819 g/mol. The van der Waals surface area contributed by atoms with Crippen molar-refractivity contribution in [3.63, 3.8) is 0 Å². The van der Waals surface area contributed by atoms with Crippen molar-refractivity contribution in [1.29, 1.82) is 0 Å². The first-order valence-corrected chi connectivity index (χ1v) is 21.7. The van der Waals surface area contributed by atoms with Gasteiger partial charge < -0.3 is 15.4 Å². The van der Waals surface area contributed by atoms with E-state index in [-0.39, 0.29) is 60.0 Å². The fourth-order valence-corrected chi connectivity index (χ4v) is 8.12. The van der Waals surface area contributed by atoms with Gasteiger partial charge in [0.2, 0.25) is 5.88 Å². The SMILES string of the molecule is [B]c1c([B])c([B])c(-c2cccc(-c3c([B])c([B])c([B])c([B])c3[B])c2Nc2ccccc2Nc2cccc(Oc3cc(N(c4cc(C(C)(C)C)ccn4)c4ccccc4C)c(C)cn3)c2)c([B])c1[B]. The number of hydrogen-bond acceptors (Lipinski definition) is 6. The van der Waals surface area contributed by atoms with Crippen molar-refractivity contribution in [1.82, 2.24) is 9.97 Å². The maximum absolute atomic E-state index is 6.67. The smallest absolute Gasteiger partial charge is 0.221 e. The molecule has 8 rings (SSSR count). The second-order valence-electron chi connectivity index (χ2n) is 17.6. The lowest BCUT2D eigenvalue weighted by Crippen LogP contribution is -2.55. The van der Waals surface area contributed by atoms with Gasteiger partial charge in [-0.2, -0.15) is 0 Å². The zero-order valence-electron chi connectivity index (χ0n) is 38.6. The van der Waals surface area contributed by atoms with Crippen LogP contribution >= 0.6 is 0 Å². The Morgan fingerprint density at radius 2 is 1.03 bits per heavy atom. The van der Waals surface area contributed by atoms with E-state index in [1.54, 1.807) is 18.2 Å². The number of nitrogens with one attached hydrogen (secondary N) is 2. The molecule has 6 aromatic carbocycles. The number of benzene rings is 6. The second-order valence-corrected chi connectivity index (χ2v) is 17.6. The molecule has 0 aliphatic heterocycles. The second kappa shape index (κ2) is 19.2. The van der Waals surface area contributed by atoms with Gasteiger partial charge >= 0.3 is 0 Å². The van der Waals surface area contributed by atoms with Crippen molar-refractivity contribution in [2.75, 3.05) is 15.5 Å². The number of rotatable bonds is 11. The summed E-state index contributed by atoms with van der Waals surface area (Å²) in [5, 5.41) is 7.15. The fourth-order valence-electron chi connectivity index (χ4n) is 8.12. The molecule has 68 heavy (non-hydrogen) atoms. The predicted molar refractivity (Wildman–Crippen MR) is 296 cm³/mol. The van der Waals surface area contributed by atoms with Crippen LogP contribution < -0.4 is 74.9 Å². The molecule has 0 saturated carbocycles. The summed E-state index contributed by atoms with van der Waals surface area (Å²) in [5.41, 5.74) is 10.1. The van der Waals surface area contributed by atoms with Crippen molar-refractivity contribution < 1.29 is 4.74 Å². The Hall–Kier alpha value is -6.53. The third-order valence-corrected chi connectivity index (χ3v) is 12.0. The summed E-state index contributed by atoms with van der Waals surface area (Å²) in [6.07, 6.45) is 3.66. The summed E-state index contributed by atoms with van der Waals surface area (Å²) in [6, 6.07) is 34.9. The van der Waals surface area contributed by atoms with Crippen molar-refractivity contribution >= 4 is 173 Å². The van der Waals surface area contributed by atoms with Crippen LogP contribution in [-0.4, -0.2) is 88.4 Å². The number of para-hydroxylation sites is 4. The van der Waals surface area contributed by atoms with Crippen molar-refractivity contribution in [3.05, 3.63) is 138 Å². The first-order chi connectivity index (χ1) is 32.3. The Kier molecular flexibility index (Phi) is 13.6. The predicted octanol–water partition coefficient (Wildman–Crippen LogP) is 2.41. The number of nitrogens with zero attached hydrogens (tertiary/aromatic N) is 3. The van der Waals surface area contributed by atoms with E-state index in [2.05, 4.69) is 67.5 Å². The molecule has 0 aliphatic carbocycles. The van der Waals surface area contributed by atoms with Gasteiger partial charge in [0.1, 0.15) is 90.0 Å². The number of hydrogen-bond donors (Lipinski definition) is 2. The molecule has 2 heterocycles. The highest BCUT2D eigenvalue weighted by Crippen LogP contribution is 2.42. The minimum absolute atomic E-state index is 0.0739. The van der Waals surface area contributed by atoms with Crippen LogP contribution in [0.25, 0.3) is 22.3 Å². The molecule has 0 aliphatic rings. The minimum Gasteiger partial charge on any atom is -0.439 e. The Balaban J connectivity index is 1.17. The molecule has 20 radical (unpaired) electrons. The average molecular weight is 856 g/mol. The maximum Gasteiger partial charge on any atom is 0.221 e. The van der Waals surface area contributed by atoms with Gasteiger partial charge in [0.05, 0.1) is 28.4 Å². The highest BCUT2D eigenvalue weighted by Gasteiger charge is 2.24. The average Bonchev–Trinajstić information content (AvgIpc) is 3.32. The number of pyridine rings is 2. The molecule has 2 N–H and O–H groups in total. The molecule has 0 atom stereocenters. The van der Waals surface area contributed by atoms with Crippen molar-refractivity contribution in [2.45, 2.75) is 40.0 Å². The molecule has 0 fully saturated rings. The molecule has 0 spiro atoms. The first-order valence-electron chi connectivity index (χ1n) is 21.7. The fraction of sp³-hybridized carbons (Fsp3) is 0.115. The number of aromatic nitrogens is 2. The summed E-state index contributed by atoms with van der Waals surface area (Å²) in [6.45, 7) is 10.7. The van der Waals surface area contributed by atoms with E-state index in [9.17, 15) is 0 Å². The van der Waals surface area contributed by atoms with Gasteiger partial charge in [-0.05, 0) is 89.5 Å². The van der Waals surface area contributed by atoms with Crippen LogP contribution in [0.1, 0.15) is 37.5 Å². The van der Waals surface area contributed by atoms with E-state index in [0.29, 0.717) is 56.6 Å². The van der Waals surface area contributed by atoms with Crippen LogP contribution in [0.3, 0.4) is 0 Å². The Labute approximate surface area is 413 Å². The van der Waals surface area contributed by atoms with E-state index >= 15 is 0 Å². The molecule has 0 unspecified atom stereocenters. The van der Waals surface area contributed by atoms with Crippen molar-refractivity contribution in [2.24, 2.45) is 0 Å². The molecule has 8 aromatic rings.